The van der Waals surface area contributed by atoms with Gasteiger partial charge in [-0.15, -0.1) is 0 Å². The molecule has 88 valence electrons. The van der Waals surface area contributed by atoms with Crippen LogP contribution in [0.3, 0.4) is 0 Å². The molecular weight excluding hydrogens is 256 g/mol. The summed E-state index contributed by atoms with van der Waals surface area (Å²) < 4.78 is 4.68. The molecule has 0 fully saturated rings. The summed E-state index contributed by atoms with van der Waals surface area (Å²) in [5, 5.41) is 9.21. The minimum atomic E-state index is -0.812. The molecule has 2 rings (SSSR count). The van der Waals surface area contributed by atoms with Gasteiger partial charge in [0.15, 0.2) is 4.34 Å². The van der Waals surface area contributed by atoms with Gasteiger partial charge in [-0.25, -0.2) is 4.98 Å². The van der Waals surface area contributed by atoms with Crippen LogP contribution >= 0.6 is 23.3 Å². The zero-order valence-electron chi connectivity index (χ0n) is 8.81. The third-order valence-corrected chi connectivity index (χ3v) is 4.11. The molecule has 4 nitrogen and oxygen atoms in total. The van der Waals surface area contributed by atoms with Crippen molar-refractivity contribution in [2.45, 2.75) is 10.3 Å². The molecular formula is C11H10N2O2S2. The second kappa shape index (κ2) is 5.79. The van der Waals surface area contributed by atoms with Crippen molar-refractivity contribution in [3.8, 4) is 0 Å². The van der Waals surface area contributed by atoms with Gasteiger partial charge in [-0.2, -0.15) is 4.37 Å². The van der Waals surface area contributed by atoms with E-state index in [1.54, 1.807) is 0 Å². The highest BCUT2D eigenvalue weighted by Gasteiger charge is 2.20. The van der Waals surface area contributed by atoms with Gasteiger partial charge >= 0.3 is 5.97 Å². The maximum Gasteiger partial charge on any atom is 0.311 e. The van der Waals surface area contributed by atoms with Crippen LogP contribution < -0.4 is 0 Å². The van der Waals surface area contributed by atoms with Crippen molar-refractivity contribution in [1.29, 1.82) is 0 Å². The fourth-order valence-corrected chi connectivity index (χ4v) is 2.97. The number of aliphatic carboxylic acids is 1. The van der Waals surface area contributed by atoms with Crippen LogP contribution in [-0.2, 0) is 4.79 Å². The molecule has 0 amide bonds. The van der Waals surface area contributed by atoms with E-state index in [-0.39, 0.29) is 0 Å². The van der Waals surface area contributed by atoms with E-state index in [2.05, 4.69) is 9.36 Å². The zero-order valence-corrected chi connectivity index (χ0v) is 10.4. The number of aromatic nitrogens is 2. The van der Waals surface area contributed by atoms with E-state index in [9.17, 15) is 9.90 Å². The molecule has 1 N–H and O–H groups in total. The van der Waals surface area contributed by atoms with Gasteiger partial charge in [0, 0.05) is 5.75 Å². The Morgan fingerprint density at radius 3 is 2.76 bits per heavy atom. The van der Waals surface area contributed by atoms with Crippen LogP contribution in [0.4, 0.5) is 0 Å². The molecule has 17 heavy (non-hydrogen) atoms. The largest absolute Gasteiger partial charge is 0.481 e. The van der Waals surface area contributed by atoms with E-state index >= 15 is 0 Å². The average Bonchev–Trinajstić information content (AvgIpc) is 2.83. The number of thioether (sulfide) groups is 1. The summed E-state index contributed by atoms with van der Waals surface area (Å²) in [7, 11) is 0. The van der Waals surface area contributed by atoms with Gasteiger partial charge in [-0.3, -0.25) is 4.79 Å². The monoisotopic (exact) mass is 266 g/mol. The average molecular weight is 266 g/mol. The predicted molar refractivity (Wildman–Crippen MR) is 67.5 cm³/mol. The van der Waals surface area contributed by atoms with Crippen LogP contribution in [0.5, 0.6) is 0 Å². The number of benzene rings is 1. The smallest absolute Gasteiger partial charge is 0.311 e. The Kier molecular flexibility index (Phi) is 4.11. The molecule has 0 saturated heterocycles. The predicted octanol–water partition coefficient (Wildman–Crippen LogP) is 2.50. The lowest BCUT2D eigenvalue weighted by atomic mass is 10.0. The van der Waals surface area contributed by atoms with Crippen molar-refractivity contribution in [2.24, 2.45) is 0 Å². The number of carbonyl (C=O) groups is 1. The number of hydrogen-bond acceptors (Lipinski definition) is 5. The Labute approximate surface area is 107 Å². The minimum absolute atomic E-state index is 0.467. The van der Waals surface area contributed by atoms with E-state index in [1.165, 1.54) is 29.6 Å². The fraction of sp³-hybridized carbons (Fsp3) is 0.182. The van der Waals surface area contributed by atoms with Crippen molar-refractivity contribution >= 4 is 29.3 Å². The second-order valence-corrected chi connectivity index (χ2v) is 5.37. The van der Waals surface area contributed by atoms with Crippen LogP contribution in [0, 0.1) is 0 Å². The van der Waals surface area contributed by atoms with Crippen molar-refractivity contribution in [1.82, 2.24) is 9.36 Å². The van der Waals surface area contributed by atoms with Crippen molar-refractivity contribution in [3.63, 3.8) is 0 Å². The summed E-state index contributed by atoms with van der Waals surface area (Å²) in [6.45, 7) is 0. The molecule has 0 radical (unpaired) electrons. The lowest BCUT2D eigenvalue weighted by Crippen LogP contribution is -2.13. The molecule has 1 heterocycles. The molecule has 0 bridgehead atoms. The molecule has 2 aromatic rings. The summed E-state index contributed by atoms with van der Waals surface area (Å²) in [4.78, 5) is 15.2. The second-order valence-electron chi connectivity index (χ2n) is 3.32. The number of hydrogen-bond donors (Lipinski definition) is 1. The lowest BCUT2D eigenvalue weighted by molar-refractivity contribution is -0.138. The van der Waals surface area contributed by atoms with Gasteiger partial charge < -0.3 is 5.11 Å². The Hall–Kier alpha value is -1.40. The van der Waals surface area contributed by atoms with Crippen LogP contribution in [0.1, 0.15) is 11.5 Å². The van der Waals surface area contributed by atoms with Gasteiger partial charge in [0.1, 0.15) is 6.33 Å². The Morgan fingerprint density at radius 2 is 2.18 bits per heavy atom. The molecule has 0 aliphatic heterocycles. The first-order chi connectivity index (χ1) is 8.27. The van der Waals surface area contributed by atoms with E-state index in [0.29, 0.717) is 5.75 Å². The Bertz CT molecular complexity index is 473. The molecule has 1 atom stereocenters. The van der Waals surface area contributed by atoms with Crippen LogP contribution in [0.2, 0.25) is 0 Å². The minimum Gasteiger partial charge on any atom is -0.481 e. The van der Waals surface area contributed by atoms with E-state index in [4.69, 9.17) is 0 Å². The normalized spacial score (nSPS) is 12.2. The summed E-state index contributed by atoms with van der Waals surface area (Å²) in [5.74, 6) is -0.854. The Balaban J connectivity index is 2.06. The van der Waals surface area contributed by atoms with Gasteiger partial charge in [0.2, 0.25) is 0 Å². The van der Waals surface area contributed by atoms with Gasteiger partial charge in [0.05, 0.1) is 5.92 Å². The van der Waals surface area contributed by atoms with Crippen LogP contribution in [0.25, 0.3) is 0 Å². The zero-order chi connectivity index (χ0) is 12.1. The fourth-order valence-electron chi connectivity index (χ4n) is 1.38. The van der Waals surface area contributed by atoms with Crippen molar-refractivity contribution in [2.75, 3.05) is 5.75 Å². The Morgan fingerprint density at radius 1 is 1.41 bits per heavy atom. The SMILES string of the molecule is O=C(O)C(CSc1ncns1)c1ccccc1. The van der Waals surface area contributed by atoms with E-state index in [0.717, 1.165) is 9.90 Å². The molecule has 0 spiro atoms. The quantitative estimate of drug-likeness (QED) is 0.842. The highest BCUT2D eigenvalue weighted by atomic mass is 32.2. The maximum absolute atomic E-state index is 11.2. The standard InChI is InChI=1S/C11H10N2O2S2/c14-10(15)9(8-4-2-1-3-5-8)6-16-11-12-7-13-17-11/h1-5,7,9H,6H2,(H,14,15). The summed E-state index contributed by atoms with van der Waals surface area (Å²) in [6, 6.07) is 9.24. The number of carboxylic acids is 1. The summed E-state index contributed by atoms with van der Waals surface area (Å²) in [6.07, 6.45) is 1.48. The molecule has 1 unspecified atom stereocenters. The topological polar surface area (TPSA) is 63.1 Å². The van der Waals surface area contributed by atoms with Crippen molar-refractivity contribution < 1.29 is 9.90 Å². The van der Waals surface area contributed by atoms with E-state index < -0.39 is 11.9 Å². The molecule has 6 heteroatoms. The molecule has 0 aliphatic carbocycles. The van der Waals surface area contributed by atoms with Crippen LogP contribution in [-0.4, -0.2) is 26.2 Å². The van der Waals surface area contributed by atoms with E-state index in [1.807, 2.05) is 30.3 Å². The molecule has 0 aliphatic rings. The third-order valence-electron chi connectivity index (χ3n) is 2.21. The third kappa shape index (κ3) is 3.28. The van der Waals surface area contributed by atoms with Crippen molar-refractivity contribution in [3.05, 3.63) is 42.2 Å². The summed E-state index contributed by atoms with van der Waals surface area (Å²) >= 11 is 2.70. The van der Waals surface area contributed by atoms with Crippen LogP contribution in [0.15, 0.2) is 41.0 Å². The van der Waals surface area contributed by atoms with Gasteiger partial charge in [-0.05, 0) is 17.1 Å². The van der Waals surface area contributed by atoms with Gasteiger partial charge in [0.25, 0.3) is 0 Å². The summed E-state index contributed by atoms with van der Waals surface area (Å²) in [5.41, 5.74) is 0.817. The number of rotatable bonds is 5. The first-order valence-electron chi connectivity index (χ1n) is 4.94. The lowest BCUT2D eigenvalue weighted by Gasteiger charge is -2.10. The highest BCUT2D eigenvalue weighted by molar-refractivity contribution is 8.01. The first kappa shape index (κ1) is 12.1. The number of nitrogens with zero attached hydrogens (tertiary/aromatic N) is 2. The molecule has 1 aromatic heterocycles. The first-order valence-corrected chi connectivity index (χ1v) is 6.70. The van der Waals surface area contributed by atoms with Gasteiger partial charge in [-0.1, -0.05) is 42.1 Å². The molecule has 1 aromatic carbocycles. The molecule has 0 saturated carbocycles. The number of carboxylic acid groups (broad SMARTS) is 1. The highest BCUT2D eigenvalue weighted by Crippen LogP contribution is 2.26. The maximum atomic E-state index is 11.2.